The van der Waals surface area contributed by atoms with Crippen LogP contribution in [0.5, 0.6) is 0 Å². The minimum absolute atomic E-state index is 0.00426. The van der Waals surface area contributed by atoms with E-state index in [4.69, 9.17) is 25.8 Å². The zero-order valence-corrected chi connectivity index (χ0v) is 16.2. The number of dihydropyridines is 1. The molecule has 0 aromatic heterocycles. The number of rotatable bonds is 5. The van der Waals surface area contributed by atoms with Gasteiger partial charge in [-0.25, -0.2) is 9.59 Å². The summed E-state index contributed by atoms with van der Waals surface area (Å²) in [5.41, 5.74) is 1.53. The van der Waals surface area contributed by atoms with Crippen molar-refractivity contribution in [2.45, 2.75) is 20.5 Å². The number of halogens is 1. The third-order valence-corrected chi connectivity index (χ3v) is 4.35. The van der Waals surface area contributed by atoms with E-state index in [1.165, 1.54) is 14.2 Å². The van der Waals surface area contributed by atoms with Gasteiger partial charge in [0.05, 0.1) is 25.4 Å². The van der Waals surface area contributed by atoms with Gasteiger partial charge in [0.2, 0.25) is 0 Å². The Kier molecular flexibility index (Phi) is 6.63. The van der Waals surface area contributed by atoms with Crippen molar-refractivity contribution in [3.8, 4) is 0 Å². The number of ether oxygens (including phenoxy) is 3. The van der Waals surface area contributed by atoms with E-state index in [9.17, 15) is 14.4 Å². The lowest BCUT2D eigenvalue weighted by atomic mass is 9.85. The maximum absolute atomic E-state index is 12.8. The highest BCUT2D eigenvalue weighted by Gasteiger charge is 2.42. The molecule has 2 rings (SSSR count). The zero-order chi connectivity index (χ0) is 20.1. The zero-order valence-electron chi connectivity index (χ0n) is 15.4. The number of carbonyl (C=O) groups is 3. The van der Waals surface area contributed by atoms with E-state index in [-0.39, 0.29) is 17.8 Å². The first-order valence-electron chi connectivity index (χ1n) is 8.06. The number of hydrogen-bond acceptors (Lipinski definition) is 7. The Morgan fingerprint density at radius 1 is 0.963 bits per heavy atom. The van der Waals surface area contributed by atoms with E-state index in [0.29, 0.717) is 22.0 Å². The number of methoxy groups -OCH3 is 2. The molecule has 0 fully saturated rings. The first-order valence-corrected chi connectivity index (χ1v) is 8.44. The number of esters is 3. The molecule has 144 valence electrons. The van der Waals surface area contributed by atoms with Crippen LogP contribution >= 0.6 is 11.6 Å². The maximum atomic E-state index is 12.8. The second-order valence-corrected chi connectivity index (χ2v) is 6.29. The predicted molar refractivity (Wildman–Crippen MR) is 97.3 cm³/mol. The average Bonchev–Trinajstić information content (AvgIpc) is 2.65. The summed E-state index contributed by atoms with van der Waals surface area (Å²) >= 11 is 5.84. The van der Waals surface area contributed by atoms with Crippen molar-refractivity contribution in [3.05, 3.63) is 57.4 Å². The van der Waals surface area contributed by atoms with Crippen LogP contribution in [0.25, 0.3) is 0 Å². The van der Waals surface area contributed by atoms with E-state index < -0.39 is 23.8 Å². The molecule has 0 saturated carbocycles. The SMILES string of the molecule is COC(=O)C1=C(C)NC(C)=C(C(=O)OC)C1C(=O)OCc1ccc(Cl)cc1. The lowest BCUT2D eigenvalue weighted by Crippen LogP contribution is -2.37. The summed E-state index contributed by atoms with van der Waals surface area (Å²) in [6.07, 6.45) is 0. The van der Waals surface area contributed by atoms with Crippen LogP contribution in [0.1, 0.15) is 19.4 Å². The molecule has 0 aliphatic carbocycles. The standard InChI is InChI=1S/C19H20ClNO6/c1-10-14(17(22)25-3)16(15(11(2)21-10)18(23)26-4)19(24)27-9-12-5-7-13(20)8-6-12/h5-8,16,21H,9H2,1-4H3. The summed E-state index contributed by atoms with van der Waals surface area (Å²) in [5, 5.41) is 3.47. The summed E-state index contributed by atoms with van der Waals surface area (Å²) in [5.74, 6) is -3.48. The second-order valence-electron chi connectivity index (χ2n) is 5.85. The topological polar surface area (TPSA) is 90.9 Å². The van der Waals surface area contributed by atoms with Crippen molar-refractivity contribution < 1.29 is 28.6 Å². The Morgan fingerprint density at radius 3 is 1.89 bits per heavy atom. The van der Waals surface area contributed by atoms with Gasteiger partial charge in [-0.3, -0.25) is 4.79 Å². The molecule has 0 bridgehead atoms. The molecule has 1 aromatic rings. The quantitative estimate of drug-likeness (QED) is 0.607. The molecule has 1 N–H and O–H groups in total. The normalized spacial score (nSPS) is 14.6. The van der Waals surface area contributed by atoms with Gasteiger partial charge in [-0.05, 0) is 31.5 Å². The van der Waals surface area contributed by atoms with Gasteiger partial charge in [-0.2, -0.15) is 0 Å². The van der Waals surface area contributed by atoms with Gasteiger partial charge in [0, 0.05) is 16.4 Å². The molecular formula is C19H20ClNO6. The van der Waals surface area contributed by atoms with Crippen LogP contribution in [0.4, 0.5) is 0 Å². The molecule has 0 unspecified atom stereocenters. The highest BCUT2D eigenvalue weighted by molar-refractivity contribution is 6.30. The van der Waals surface area contributed by atoms with E-state index in [1.807, 2.05) is 0 Å². The number of hydrogen-bond donors (Lipinski definition) is 1. The number of benzene rings is 1. The first-order chi connectivity index (χ1) is 12.8. The first kappa shape index (κ1) is 20.5. The molecule has 0 radical (unpaired) electrons. The largest absolute Gasteiger partial charge is 0.466 e. The third-order valence-electron chi connectivity index (χ3n) is 4.10. The average molecular weight is 394 g/mol. The van der Waals surface area contributed by atoms with E-state index in [2.05, 4.69) is 5.32 Å². The predicted octanol–water partition coefficient (Wildman–Crippen LogP) is 2.50. The van der Waals surface area contributed by atoms with Gasteiger partial charge in [0.25, 0.3) is 0 Å². The molecule has 1 heterocycles. The summed E-state index contributed by atoms with van der Waals surface area (Å²) in [6.45, 7) is 3.19. The van der Waals surface area contributed by atoms with E-state index in [0.717, 1.165) is 0 Å². The molecule has 7 nitrogen and oxygen atoms in total. The van der Waals surface area contributed by atoms with Crippen LogP contribution in [0.3, 0.4) is 0 Å². The maximum Gasteiger partial charge on any atom is 0.336 e. The monoisotopic (exact) mass is 393 g/mol. The fraction of sp³-hybridized carbons (Fsp3) is 0.316. The van der Waals surface area contributed by atoms with Crippen molar-refractivity contribution in [1.29, 1.82) is 0 Å². The molecular weight excluding hydrogens is 374 g/mol. The van der Waals surface area contributed by atoms with Crippen LogP contribution in [-0.2, 0) is 35.2 Å². The lowest BCUT2D eigenvalue weighted by Gasteiger charge is -2.28. The fourth-order valence-electron chi connectivity index (χ4n) is 2.81. The number of carbonyl (C=O) groups excluding carboxylic acids is 3. The van der Waals surface area contributed by atoms with Crippen LogP contribution in [-0.4, -0.2) is 32.1 Å². The molecule has 0 amide bonds. The molecule has 1 aliphatic rings. The van der Waals surface area contributed by atoms with Gasteiger partial charge in [-0.15, -0.1) is 0 Å². The molecule has 0 spiro atoms. The van der Waals surface area contributed by atoms with Gasteiger partial charge >= 0.3 is 17.9 Å². The van der Waals surface area contributed by atoms with Gasteiger partial charge in [-0.1, -0.05) is 23.7 Å². The fourth-order valence-corrected chi connectivity index (χ4v) is 2.94. The van der Waals surface area contributed by atoms with E-state index >= 15 is 0 Å². The van der Waals surface area contributed by atoms with Crippen LogP contribution in [0.15, 0.2) is 46.8 Å². The summed E-state index contributed by atoms with van der Waals surface area (Å²) < 4.78 is 14.9. The van der Waals surface area contributed by atoms with Gasteiger partial charge < -0.3 is 19.5 Å². The molecule has 8 heteroatoms. The van der Waals surface area contributed by atoms with Crippen molar-refractivity contribution in [1.82, 2.24) is 5.32 Å². The van der Waals surface area contributed by atoms with Crippen LogP contribution < -0.4 is 5.32 Å². The van der Waals surface area contributed by atoms with Crippen molar-refractivity contribution in [3.63, 3.8) is 0 Å². The summed E-state index contributed by atoms with van der Waals surface area (Å²) in [7, 11) is 2.39. The summed E-state index contributed by atoms with van der Waals surface area (Å²) in [6, 6.07) is 6.76. The van der Waals surface area contributed by atoms with Crippen LogP contribution in [0, 0.1) is 5.92 Å². The Balaban J connectivity index is 2.36. The third kappa shape index (κ3) is 4.49. The van der Waals surface area contributed by atoms with Crippen molar-refractivity contribution >= 4 is 29.5 Å². The van der Waals surface area contributed by atoms with E-state index in [1.54, 1.807) is 38.1 Å². The Labute approximate surface area is 161 Å². The minimum Gasteiger partial charge on any atom is -0.466 e. The van der Waals surface area contributed by atoms with Gasteiger partial charge in [0.1, 0.15) is 12.5 Å². The smallest absolute Gasteiger partial charge is 0.336 e. The number of allylic oxidation sites excluding steroid dienone is 2. The van der Waals surface area contributed by atoms with Crippen LogP contribution in [0.2, 0.25) is 5.02 Å². The van der Waals surface area contributed by atoms with Crippen molar-refractivity contribution in [2.75, 3.05) is 14.2 Å². The Hall–Kier alpha value is -2.80. The second kappa shape index (κ2) is 8.73. The molecule has 0 atom stereocenters. The molecule has 0 saturated heterocycles. The highest BCUT2D eigenvalue weighted by Crippen LogP contribution is 2.32. The molecule has 1 aliphatic heterocycles. The molecule has 1 aromatic carbocycles. The minimum atomic E-state index is -1.25. The summed E-state index contributed by atoms with van der Waals surface area (Å²) in [4.78, 5) is 37.3. The number of nitrogens with one attached hydrogen (secondary N) is 1. The lowest BCUT2D eigenvalue weighted by molar-refractivity contribution is -0.152. The highest BCUT2D eigenvalue weighted by atomic mass is 35.5. The van der Waals surface area contributed by atoms with Gasteiger partial charge in [0.15, 0.2) is 0 Å². The Morgan fingerprint density at radius 2 is 1.44 bits per heavy atom. The Bertz CT molecular complexity index is 787. The molecule has 27 heavy (non-hydrogen) atoms. The van der Waals surface area contributed by atoms with Crippen molar-refractivity contribution in [2.24, 2.45) is 5.92 Å².